The normalized spacial score (nSPS) is 20.8. The van der Waals surface area contributed by atoms with Gasteiger partial charge in [-0.05, 0) is 52.1 Å². The summed E-state index contributed by atoms with van der Waals surface area (Å²) in [4.78, 5) is 14.9. The molecular weight excluding hydrogens is 264 g/mol. The fourth-order valence-electron chi connectivity index (χ4n) is 3.49. The average Bonchev–Trinajstić information content (AvgIpc) is 2.92. The summed E-state index contributed by atoms with van der Waals surface area (Å²) in [6.45, 7) is 6.34. The Morgan fingerprint density at radius 3 is 2.81 bits per heavy atom. The van der Waals surface area contributed by atoms with Crippen LogP contribution in [0.3, 0.4) is 0 Å². The number of amides is 1. The van der Waals surface area contributed by atoms with Crippen LogP contribution in [0.5, 0.6) is 0 Å². The molecule has 1 atom stereocenters. The van der Waals surface area contributed by atoms with Gasteiger partial charge in [-0.2, -0.15) is 5.10 Å². The lowest BCUT2D eigenvalue weighted by Crippen LogP contribution is -2.43. The number of nitrogens with one attached hydrogen (secondary N) is 1. The van der Waals surface area contributed by atoms with Crippen LogP contribution in [0, 0.1) is 0 Å². The molecule has 5 nitrogen and oxygen atoms in total. The van der Waals surface area contributed by atoms with E-state index in [1.54, 1.807) is 6.20 Å². The molecule has 0 aliphatic carbocycles. The predicted molar refractivity (Wildman–Crippen MR) is 82.4 cm³/mol. The van der Waals surface area contributed by atoms with Crippen molar-refractivity contribution in [2.45, 2.75) is 58.0 Å². The van der Waals surface area contributed by atoms with E-state index in [-0.39, 0.29) is 11.9 Å². The molecule has 1 aromatic rings. The van der Waals surface area contributed by atoms with Crippen molar-refractivity contribution >= 4 is 5.91 Å². The molecule has 21 heavy (non-hydrogen) atoms. The highest BCUT2D eigenvalue weighted by Crippen LogP contribution is 2.18. The number of aryl methyl sites for hydroxylation is 1. The van der Waals surface area contributed by atoms with Gasteiger partial charge in [-0.25, -0.2) is 0 Å². The summed E-state index contributed by atoms with van der Waals surface area (Å²) in [5.74, 6) is 0.0441. The van der Waals surface area contributed by atoms with E-state index in [4.69, 9.17) is 0 Å². The fourth-order valence-corrected chi connectivity index (χ4v) is 3.49. The summed E-state index contributed by atoms with van der Waals surface area (Å²) in [5, 5.41) is 7.49. The molecule has 1 saturated heterocycles. The highest BCUT2D eigenvalue weighted by Gasteiger charge is 2.21. The third-order valence-corrected chi connectivity index (χ3v) is 4.59. The Morgan fingerprint density at radius 2 is 2.00 bits per heavy atom. The molecule has 0 unspecified atom stereocenters. The smallest absolute Gasteiger partial charge is 0.255 e. The van der Waals surface area contributed by atoms with Crippen molar-refractivity contribution < 1.29 is 4.79 Å². The van der Waals surface area contributed by atoms with Crippen LogP contribution in [0.25, 0.3) is 0 Å². The minimum Gasteiger partial charge on any atom is -0.348 e. The minimum atomic E-state index is 0.0441. The third kappa shape index (κ3) is 3.46. The van der Waals surface area contributed by atoms with Gasteiger partial charge in [-0.3, -0.25) is 9.48 Å². The van der Waals surface area contributed by atoms with Crippen molar-refractivity contribution in [3.8, 4) is 0 Å². The van der Waals surface area contributed by atoms with Gasteiger partial charge < -0.3 is 10.2 Å². The Kier molecular flexibility index (Phi) is 4.58. The van der Waals surface area contributed by atoms with Crippen LogP contribution in [0.2, 0.25) is 0 Å². The number of likely N-dealkylation sites (tertiary alicyclic amines) is 1. The Hall–Kier alpha value is -1.36. The van der Waals surface area contributed by atoms with E-state index in [0.29, 0.717) is 0 Å². The molecule has 5 heteroatoms. The van der Waals surface area contributed by atoms with Crippen molar-refractivity contribution in [1.82, 2.24) is 20.0 Å². The first kappa shape index (κ1) is 14.6. The number of carbonyl (C=O) groups is 1. The third-order valence-electron chi connectivity index (χ3n) is 4.59. The number of nitrogens with zero attached hydrogens (tertiary/aromatic N) is 3. The Bertz CT molecular complexity index is 490. The van der Waals surface area contributed by atoms with Crippen LogP contribution >= 0.6 is 0 Å². The first-order valence-electron chi connectivity index (χ1n) is 8.32. The van der Waals surface area contributed by atoms with E-state index in [1.807, 2.05) is 4.68 Å². The minimum absolute atomic E-state index is 0.0441. The van der Waals surface area contributed by atoms with Gasteiger partial charge in [0.05, 0.1) is 17.5 Å². The first-order valence-corrected chi connectivity index (χ1v) is 8.32. The zero-order chi connectivity index (χ0) is 14.7. The molecule has 3 rings (SSSR count). The summed E-state index contributed by atoms with van der Waals surface area (Å²) in [5.41, 5.74) is 1.89. The number of carbonyl (C=O) groups excluding carboxylic acids is 1. The second-order valence-electron chi connectivity index (χ2n) is 6.42. The number of piperidine rings is 1. The number of hydrogen-bond acceptors (Lipinski definition) is 3. The van der Waals surface area contributed by atoms with Crippen LogP contribution < -0.4 is 5.32 Å². The van der Waals surface area contributed by atoms with Gasteiger partial charge in [0.2, 0.25) is 0 Å². The standard InChI is InChI=1S/C16H26N4O/c1-13(12-19-8-4-2-5-9-19)18-16(21)14-11-17-20-10-6-3-7-15(14)20/h11,13H,2-10,12H2,1H3,(H,18,21)/t13-/m0/s1. The lowest BCUT2D eigenvalue weighted by molar-refractivity contribution is 0.0924. The molecule has 0 saturated carbocycles. The maximum atomic E-state index is 12.4. The Labute approximate surface area is 126 Å². The summed E-state index contributed by atoms with van der Waals surface area (Å²) in [6.07, 6.45) is 8.97. The molecule has 1 aromatic heterocycles. The van der Waals surface area contributed by atoms with E-state index in [1.165, 1.54) is 38.8 Å². The molecule has 2 aliphatic heterocycles. The lowest BCUT2D eigenvalue weighted by Gasteiger charge is -2.29. The molecule has 1 amide bonds. The van der Waals surface area contributed by atoms with Gasteiger partial charge in [0, 0.05) is 19.1 Å². The van der Waals surface area contributed by atoms with Crippen molar-refractivity contribution in [2.75, 3.05) is 19.6 Å². The Morgan fingerprint density at radius 1 is 1.24 bits per heavy atom. The molecule has 1 N–H and O–H groups in total. The number of rotatable bonds is 4. The average molecular weight is 290 g/mol. The zero-order valence-electron chi connectivity index (χ0n) is 13.0. The Balaban J connectivity index is 1.56. The van der Waals surface area contributed by atoms with Crippen LogP contribution in [0.15, 0.2) is 6.20 Å². The van der Waals surface area contributed by atoms with Gasteiger partial charge in [0.1, 0.15) is 0 Å². The van der Waals surface area contributed by atoms with E-state index < -0.39 is 0 Å². The number of fused-ring (bicyclic) bond motifs is 1. The summed E-state index contributed by atoms with van der Waals surface area (Å²) in [6, 6.07) is 0.190. The van der Waals surface area contributed by atoms with Crippen molar-refractivity contribution in [3.05, 3.63) is 17.5 Å². The van der Waals surface area contributed by atoms with E-state index in [9.17, 15) is 4.79 Å². The molecule has 3 heterocycles. The lowest BCUT2D eigenvalue weighted by atomic mass is 10.1. The number of hydrogen-bond donors (Lipinski definition) is 1. The highest BCUT2D eigenvalue weighted by atomic mass is 16.1. The maximum absolute atomic E-state index is 12.4. The molecule has 0 radical (unpaired) electrons. The van der Waals surface area contributed by atoms with Gasteiger partial charge >= 0.3 is 0 Å². The highest BCUT2D eigenvalue weighted by molar-refractivity contribution is 5.95. The molecular formula is C16H26N4O. The van der Waals surface area contributed by atoms with Crippen LogP contribution in [-0.4, -0.2) is 46.3 Å². The largest absolute Gasteiger partial charge is 0.348 e. The summed E-state index contributed by atoms with van der Waals surface area (Å²) in [7, 11) is 0. The summed E-state index contributed by atoms with van der Waals surface area (Å²) < 4.78 is 1.99. The summed E-state index contributed by atoms with van der Waals surface area (Å²) >= 11 is 0. The van der Waals surface area contributed by atoms with Gasteiger partial charge in [0.25, 0.3) is 5.91 Å². The van der Waals surface area contributed by atoms with Crippen molar-refractivity contribution in [3.63, 3.8) is 0 Å². The molecule has 1 fully saturated rings. The molecule has 2 aliphatic rings. The van der Waals surface area contributed by atoms with Gasteiger partial charge in [-0.1, -0.05) is 6.42 Å². The fraction of sp³-hybridized carbons (Fsp3) is 0.750. The molecule has 0 spiro atoms. The van der Waals surface area contributed by atoms with Gasteiger partial charge in [0.15, 0.2) is 0 Å². The SMILES string of the molecule is C[C@@H](CN1CCCCC1)NC(=O)c1cnn2c1CCCC2. The first-order chi connectivity index (χ1) is 10.2. The van der Waals surface area contributed by atoms with E-state index in [0.717, 1.165) is 37.2 Å². The predicted octanol–water partition coefficient (Wildman–Crippen LogP) is 1.82. The maximum Gasteiger partial charge on any atom is 0.255 e. The van der Waals surface area contributed by atoms with Gasteiger partial charge in [-0.15, -0.1) is 0 Å². The molecule has 116 valence electrons. The quantitative estimate of drug-likeness (QED) is 0.920. The monoisotopic (exact) mass is 290 g/mol. The van der Waals surface area contributed by atoms with E-state index in [2.05, 4.69) is 22.2 Å². The van der Waals surface area contributed by atoms with E-state index >= 15 is 0 Å². The second kappa shape index (κ2) is 6.60. The van der Waals surface area contributed by atoms with Crippen molar-refractivity contribution in [2.24, 2.45) is 0 Å². The molecule has 0 aromatic carbocycles. The van der Waals surface area contributed by atoms with Crippen LogP contribution in [0.4, 0.5) is 0 Å². The second-order valence-corrected chi connectivity index (χ2v) is 6.42. The zero-order valence-corrected chi connectivity index (χ0v) is 13.0. The van der Waals surface area contributed by atoms with Crippen molar-refractivity contribution in [1.29, 1.82) is 0 Å². The van der Waals surface area contributed by atoms with Crippen LogP contribution in [0.1, 0.15) is 55.1 Å². The number of aromatic nitrogens is 2. The molecule has 0 bridgehead atoms. The topological polar surface area (TPSA) is 50.2 Å². The van der Waals surface area contributed by atoms with Crippen LogP contribution in [-0.2, 0) is 13.0 Å².